The Hall–Kier alpha value is -3.95. The maximum absolute atomic E-state index is 13.6. The molecule has 1 aliphatic carbocycles. The molecule has 2 aliphatic rings. The summed E-state index contributed by atoms with van der Waals surface area (Å²) >= 11 is 0.824. The maximum atomic E-state index is 13.6. The summed E-state index contributed by atoms with van der Waals surface area (Å²) in [4.78, 5) is 19.7. The Morgan fingerprint density at radius 3 is 2.18 bits per heavy atom. The van der Waals surface area contributed by atoms with Crippen LogP contribution in [0.15, 0.2) is 47.4 Å². The summed E-state index contributed by atoms with van der Waals surface area (Å²) in [5, 5.41) is 1.03. The number of nitrogens with zero attached hydrogens (tertiary/aromatic N) is 3. The molecule has 0 radical (unpaired) electrons. The number of rotatable bonds is 7. The molecule has 266 valence electrons. The van der Waals surface area contributed by atoms with Gasteiger partial charge in [-0.2, -0.15) is 39.5 Å². The standard InChI is InChI=1S/C33H32F9N3O3S/c1-17-27(18-10-20(31(34,35)36)12-21(11-18)32(37,38)39)48-29(46)45(17)15-19-14-30(2,3)9-8-23(19)24-13-22(6-7-25(24)47-5)44(4)28-43-26(16-49-28)33(40,41)42/h6-7,10-13,16-17,27H,8-9,14-15H2,1-5H3/t17-,27-/m0/s1. The highest BCUT2D eigenvalue weighted by molar-refractivity contribution is 7.13. The van der Waals surface area contributed by atoms with Gasteiger partial charge in [0.25, 0.3) is 0 Å². The molecule has 3 aromatic rings. The van der Waals surface area contributed by atoms with Gasteiger partial charge in [0, 0.05) is 30.2 Å². The molecule has 0 unspecified atom stereocenters. The Labute approximate surface area is 280 Å². The van der Waals surface area contributed by atoms with E-state index in [-0.39, 0.29) is 23.2 Å². The summed E-state index contributed by atoms with van der Waals surface area (Å²) in [5.74, 6) is 0.457. The number of hydrogen-bond donors (Lipinski definition) is 0. The molecule has 6 nitrogen and oxygen atoms in total. The van der Waals surface area contributed by atoms with Crippen LogP contribution < -0.4 is 9.64 Å². The minimum absolute atomic E-state index is 0.0204. The number of ether oxygens (including phenoxy) is 2. The zero-order chi connectivity index (χ0) is 36.3. The first kappa shape index (κ1) is 36.3. The molecule has 0 saturated carbocycles. The Balaban J connectivity index is 1.52. The van der Waals surface area contributed by atoms with Gasteiger partial charge < -0.3 is 14.4 Å². The van der Waals surface area contributed by atoms with E-state index in [0.29, 0.717) is 42.0 Å². The molecule has 1 amide bonds. The third-order valence-electron chi connectivity index (χ3n) is 8.83. The van der Waals surface area contributed by atoms with Crippen molar-refractivity contribution in [3.8, 4) is 5.75 Å². The second-order valence-electron chi connectivity index (χ2n) is 12.9. The van der Waals surface area contributed by atoms with E-state index in [1.54, 1.807) is 25.2 Å². The van der Waals surface area contributed by atoms with Crippen LogP contribution in [-0.2, 0) is 23.3 Å². The molecular formula is C33H32F9N3O3S. The van der Waals surface area contributed by atoms with Crippen LogP contribution in [0.3, 0.4) is 0 Å². The van der Waals surface area contributed by atoms with Crippen molar-refractivity contribution in [3.05, 3.63) is 75.3 Å². The van der Waals surface area contributed by atoms with Gasteiger partial charge in [-0.1, -0.05) is 13.8 Å². The lowest BCUT2D eigenvalue weighted by Gasteiger charge is -2.36. The van der Waals surface area contributed by atoms with E-state index in [4.69, 9.17) is 9.47 Å². The molecule has 1 aliphatic heterocycles. The van der Waals surface area contributed by atoms with Crippen molar-refractivity contribution >= 4 is 33.8 Å². The molecule has 2 heterocycles. The Bertz CT molecular complexity index is 1730. The van der Waals surface area contributed by atoms with Gasteiger partial charge in [0.2, 0.25) is 0 Å². The fourth-order valence-electron chi connectivity index (χ4n) is 6.20. The lowest BCUT2D eigenvalue weighted by atomic mass is 9.72. The fourth-order valence-corrected chi connectivity index (χ4v) is 7.02. The number of halogens is 9. The second-order valence-corrected chi connectivity index (χ2v) is 13.7. The molecule has 49 heavy (non-hydrogen) atoms. The van der Waals surface area contributed by atoms with Gasteiger partial charge in [-0.05, 0) is 84.7 Å². The Morgan fingerprint density at radius 1 is 1.00 bits per heavy atom. The number of carbonyl (C=O) groups excluding carboxylic acids is 1. The van der Waals surface area contributed by atoms with Gasteiger partial charge in [0.05, 0.1) is 24.3 Å². The van der Waals surface area contributed by atoms with Crippen molar-refractivity contribution < 1.29 is 53.8 Å². The summed E-state index contributed by atoms with van der Waals surface area (Å²) in [6.45, 7) is 5.52. The third kappa shape index (κ3) is 7.63. The number of aromatic nitrogens is 1. The number of carbonyl (C=O) groups is 1. The van der Waals surface area contributed by atoms with E-state index in [9.17, 15) is 44.3 Å². The first-order chi connectivity index (χ1) is 22.6. The number of methoxy groups -OCH3 is 1. The lowest BCUT2D eigenvalue weighted by molar-refractivity contribution is -0.143. The van der Waals surface area contributed by atoms with Crippen molar-refractivity contribution in [2.24, 2.45) is 5.41 Å². The minimum atomic E-state index is -5.07. The molecule has 2 aromatic carbocycles. The number of amides is 1. The van der Waals surface area contributed by atoms with Crippen LogP contribution in [0.2, 0.25) is 0 Å². The fraction of sp³-hybridized carbons (Fsp3) is 0.455. The summed E-state index contributed by atoms with van der Waals surface area (Å²) in [6.07, 6.45) is -15.3. The highest BCUT2D eigenvalue weighted by Gasteiger charge is 2.44. The van der Waals surface area contributed by atoms with Gasteiger partial charge >= 0.3 is 24.6 Å². The summed E-state index contributed by atoms with van der Waals surface area (Å²) in [6, 6.07) is 5.28. The summed E-state index contributed by atoms with van der Waals surface area (Å²) < 4.78 is 132. The highest BCUT2D eigenvalue weighted by Crippen LogP contribution is 2.47. The predicted octanol–water partition coefficient (Wildman–Crippen LogP) is 10.5. The number of allylic oxidation sites excluding steroid dienone is 1. The largest absolute Gasteiger partial charge is 0.496 e. The first-order valence-corrected chi connectivity index (χ1v) is 15.9. The second kappa shape index (κ2) is 12.7. The molecule has 1 fully saturated rings. The van der Waals surface area contributed by atoms with Gasteiger partial charge in [-0.25, -0.2) is 9.78 Å². The topological polar surface area (TPSA) is 54.9 Å². The van der Waals surface area contributed by atoms with Crippen molar-refractivity contribution in [2.45, 2.75) is 70.7 Å². The summed E-state index contributed by atoms with van der Waals surface area (Å²) in [5.41, 5.74) is -2.01. The average Bonchev–Trinajstić information content (AvgIpc) is 3.61. The van der Waals surface area contributed by atoms with Gasteiger partial charge in [0.1, 0.15) is 11.9 Å². The molecule has 2 atom stereocenters. The van der Waals surface area contributed by atoms with Crippen molar-refractivity contribution in [1.29, 1.82) is 0 Å². The third-order valence-corrected chi connectivity index (χ3v) is 9.74. The molecule has 1 aromatic heterocycles. The van der Waals surface area contributed by atoms with Crippen LogP contribution in [0.1, 0.15) is 74.1 Å². The smallest absolute Gasteiger partial charge is 0.434 e. The van der Waals surface area contributed by atoms with Crippen molar-refractivity contribution in [2.75, 3.05) is 25.6 Å². The van der Waals surface area contributed by atoms with Crippen LogP contribution in [0, 0.1) is 5.41 Å². The van der Waals surface area contributed by atoms with Crippen LogP contribution in [-0.4, -0.2) is 42.7 Å². The zero-order valence-corrected chi connectivity index (χ0v) is 27.7. The molecule has 0 bridgehead atoms. The SMILES string of the molecule is COc1ccc(N(C)c2nc(C(F)(F)F)cs2)cc1C1=C(CN2C(=O)O[C@H](c3cc(C(F)(F)F)cc(C(F)(F)F)c3)[C@@H]2C)CC(C)(C)CC1. The maximum Gasteiger partial charge on any atom is 0.434 e. The number of thiazole rings is 1. The molecule has 1 saturated heterocycles. The number of anilines is 2. The van der Waals surface area contributed by atoms with Crippen molar-refractivity contribution in [1.82, 2.24) is 9.88 Å². The van der Waals surface area contributed by atoms with E-state index in [2.05, 4.69) is 4.98 Å². The molecule has 0 spiro atoms. The molecule has 0 N–H and O–H groups in total. The van der Waals surface area contributed by atoms with Crippen LogP contribution in [0.5, 0.6) is 5.75 Å². The van der Waals surface area contributed by atoms with Crippen LogP contribution >= 0.6 is 11.3 Å². The van der Waals surface area contributed by atoms with E-state index >= 15 is 0 Å². The van der Waals surface area contributed by atoms with E-state index in [0.717, 1.165) is 34.3 Å². The first-order valence-electron chi connectivity index (χ1n) is 15.0. The number of cyclic esters (lactones) is 1. The molecule has 16 heteroatoms. The Morgan fingerprint density at radius 2 is 1.63 bits per heavy atom. The molecular weight excluding hydrogens is 689 g/mol. The quantitative estimate of drug-likeness (QED) is 0.227. The Kier molecular flexibility index (Phi) is 9.45. The zero-order valence-electron chi connectivity index (χ0n) is 26.9. The van der Waals surface area contributed by atoms with Crippen LogP contribution in [0.4, 0.5) is 55.1 Å². The number of alkyl halides is 9. The van der Waals surface area contributed by atoms with E-state index in [1.807, 2.05) is 13.8 Å². The predicted molar refractivity (Wildman–Crippen MR) is 165 cm³/mol. The highest BCUT2D eigenvalue weighted by atomic mass is 32.1. The van der Waals surface area contributed by atoms with Gasteiger partial charge in [-0.15, -0.1) is 11.3 Å². The lowest BCUT2D eigenvalue weighted by Crippen LogP contribution is -2.35. The summed E-state index contributed by atoms with van der Waals surface area (Å²) in [7, 11) is 3.03. The normalized spacial score (nSPS) is 20.1. The van der Waals surface area contributed by atoms with Gasteiger partial charge in [-0.3, -0.25) is 4.90 Å². The van der Waals surface area contributed by atoms with E-state index in [1.165, 1.54) is 23.8 Å². The van der Waals surface area contributed by atoms with Gasteiger partial charge in [0.15, 0.2) is 10.8 Å². The minimum Gasteiger partial charge on any atom is -0.496 e. The molecule has 5 rings (SSSR count). The number of hydrogen-bond acceptors (Lipinski definition) is 6. The van der Waals surface area contributed by atoms with Crippen LogP contribution in [0.25, 0.3) is 5.57 Å². The van der Waals surface area contributed by atoms with Crippen molar-refractivity contribution in [3.63, 3.8) is 0 Å². The monoisotopic (exact) mass is 721 g/mol. The average molecular weight is 722 g/mol. The number of benzene rings is 2. The van der Waals surface area contributed by atoms with E-state index < -0.39 is 59.2 Å².